The van der Waals surface area contributed by atoms with Gasteiger partial charge in [-0.1, -0.05) is 24.8 Å². The van der Waals surface area contributed by atoms with Crippen LogP contribution in [0.4, 0.5) is 0 Å². The van der Waals surface area contributed by atoms with E-state index in [-0.39, 0.29) is 0 Å². The highest BCUT2D eigenvalue weighted by molar-refractivity contribution is 5.93. The van der Waals surface area contributed by atoms with Crippen LogP contribution in [0.3, 0.4) is 0 Å². The molecule has 80 valence electrons. The summed E-state index contributed by atoms with van der Waals surface area (Å²) in [5.74, 6) is -0.422. The molecule has 0 saturated heterocycles. The third kappa shape index (κ3) is 1.80. The van der Waals surface area contributed by atoms with Crippen LogP contribution in [-0.2, 0) is 4.74 Å². The number of ether oxygens (including phenoxy) is 1. The second-order valence-electron chi connectivity index (χ2n) is 3.37. The Morgan fingerprint density at radius 1 is 1.38 bits per heavy atom. The van der Waals surface area contributed by atoms with Crippen LogP contribution in [0, 0.1) is 0 Å². The van der Waals surface area contributed by atoms with Gasteiger partial charge in [0.15, 0.2) is 0 Å². The number of nitrogens with zero attached hydrogens (tertiary/aromatic N) is 1. The quantitative estimate of drug-likeness (QED) is 0.720. The Labute approximate surface area is 93.4 Å². The third-order valence-electron chi connectivity index (χ3n) is 2.38. The molecule has 0 saturated carbocycles. The van der Waals surface area contributed by atoms with E-state index >= 15 is 0 Å². The minimum atomic E-state index is -0.422. The molecule has 3 nitrogen and oxygen atoms in total. The normalized spacial score (nSPS) is 10.1. The fraction of sp³-hybridized carbons (Fsp3) is 0.0769. The van der Waals surface area contributed by atoms with Crippen molar-refractivity contribution in [3.8, 4) is 0 Å². The van der Waals surface area contributed by atoms with Crippen molar-refractivity contribution >= 4 is 22.8 Å². The first-order valence-electron chi connectivity index (χ1n) is 4.85. The summed E-state index contributed by atoms with van der Waals surface area (Å²) in [7, 11) is 1.34. The zero-order valence-corrected chi connectivity index (χ0v) is 8.93. The van der Waals surface area contributed by atoms with Crippen LogP contribution < -0.4 is 0 Å². The van der Waals surface area contributed by atoms with Crippen LogP contribution in [0.15, 0.2) is 37.0 Å². The molecule has 1 aromatic carbocycles. The van der Waals surface area contributed by atoms with Crippen molar-refractivity contribution in [3.05, 3.63) is 48.3 Å². The lowest BCUT2D eigenvalue weighted by Gasteiger charge is -2.02. The molecule has 0 amide bonds. The average molecular weight is 213 g/mol. The molecule has 0 unspecified atom stereocenters. The molecule has 0 atom stereocenters. The van der Waals surface area contributed by atoms with Gasteiger partial charge in [-0.2, -0.15) is 0 Å². The first-order valence-corrected chi connectivity index (χ1v) is 4.85. The molecule has 1 aromatic heterocycles. The zero-order valence-electron chi connectivity index (χ0n) is 8.93. The Morgan fingerprint density at radius 3 is 2.88 bits per heavy atom. The van der Waals surface area contributed by atoms with Crippen molar-refractivity contribution in [3.63, 3.8) is 0 Å². The number of benzene rings is 1. The Bertz CT molecular complexity index is 561. The fourth-order valence-electron chi connectivity index (χ4n) is 1.50. The van der Waals surface area contributed by atoms with Crippen LogP contribution >= 0.6 is 0 Å². The van der Waals surface area contributed by atoms with Gasteiger partial charge in [-0.05, 0) is 23.1 Å². The van der Waals surface area contributed by atoms with Crippen molar-refractivity contribution in [2.75, 3.05) is 7.11 Å². The zero-order chi connectivity index (χ0) is 11.5. The predicted molar refractivity (Wildman–Crippen MR) is 63.2 cm³/mol. The summed E-state index contributed by atoms with van der Waals surface area (Å²) >= 11 is 0. The molecule has 0 aliphatic heterocycles. The summed E-state index contributed by atoms with van der Waals surface area (Å²) in [5.41, 5.74) is 1.35. The highest BCUT2D eigenvalue weighted by Crippen LogP contribution is 2.17. The second-order valence-corrected chi connectivity index (χ2v) is 3.37. The van der Waals surface area contributed by atoms with E-state index in [4.69, 9.17) is 0 Å². The van der Waals surface area contributed by atoms with E-state index in [1.807, 2.05) is 18.2 Å². The Morgan fingerprint density at radius 2 is 2.19 bits per heavy atom. The fourth-order valence-corrected chi connectivity index (χ4v) is 1.50. The van der Waals surface area contributed by atoms with Crippen LogP contribution in [0.25, 0.3) is 16.8 Å². The number of hydrogen-bond acceptors (Lipinski definition) is 3. The van der Waals surface area contributed by atoms with E-state index in [2.05, 4.69) is 16.3 Å². The number of esters is 1. The van der Waals surface area contributed by atoms with Gasteiger partial charge in [0.1, 0.15) is 5.69 Å². The summed E-state index contributed by atoms with van der Waals surface area (Å²) in [4.78, 5) is 15.3. The van der Waals surface area contributed by atoms with E-state index < -0.39 is 5.97 Å². The standard InChI is InChI=1S/C13H11NO2/c1-3-9-4-5-10-7-12(13(15)16-2)14-8-11(10)6-9/h3-8H,1H2,2H3. The number of pyridine rings is 1. The van der Waals surface area contributed by atoms with Crippen molar-refractivity contribution in [1.82, 2.24) is 4.98 Å². The van der Waals surface area contributed by atoms with Crippen LogP contribution in [-0.4, -0.2) is 18.1 Å². The number of aromatic nitrogens is 1. The molecular weight excluding hydrogens is 202 g/mol. The Hall–Kier alpha value is -2.16. The molecule has 0 radical (unpaired) electrons. The Kier molecular flexibility index (Phi) is 2.68. The summed E-state index contributed by atoms with van der Waals surface area (Å²) in [6, 6.07) is 7.56. The molecule has 0 aliphatic rings. The molecule has 0 bridgehead atoms. The van der Waals surface area contributed by atoms with Crippen LogP contribution in [0.5, 0.6) is 0 Å². The van der Waals surface area contributed by atoms with E-state index in [1.165, 1.54) is 7.11 Å². The van der Waals surface area contributed by atoms with Crippen molar-refractivity contribution in [2.45, 2.75) is 0 Å². The first-order chi connectivity index (χ1) is 7.74. The number of fused-ring (bicyclic) bond motifs is 1. The van der Waals surface area contributed by atoms with Gasteiger partial charge in [0.25, 0.3) is 0 Å². The molecule has 0 fully saturated rings. The minimum Gasteiger partial charge on any atom is -0.464 e. The maximum Gasteiger partial charge on any atom is 0.356 e. The molecule has 2 aromatic rings. The SMILES string of the molecule is C=Cc1ccc2cc(C(=O)OC)ncc2c1. The number of rotatable bonds is 2. The molecule has 0 N–H and O–H groups in total. The van der Waals surface area contributed by atoms with Gasteiger partial charge in [0.2, 0.25) is 0 Å². The topological polar surface area (TPSA) is 39.2 Å². The third-order valence-corrected chi connectivity index (χ3v) is 2.38. The van der Waals surface area contributed by atoms with E-state index in [0.29, 0.717) is 5.69 Å². The lowest BCUT2D eigenvalue weighted by Crippen LogP contribution is -2.03. The summed E-state index contributed by atoms with van der Waals surface area (Å²) < 4.78 is 4.61. The molecule has 0 spiro atoms. The van der Waals surface area contributed by atoms with Gasteiger partial charge in [-0.3, -0.25) is 0 Å². The number of methoxy groups -OCH3 is 1. The van der Waals surface area contributed by atoms with E-state index in [0.717, 1.165) is 16.3 Å². The predicted octanol–water partition coefficient (Wildman–Crippen LogP) is 2.66. The lowest BCUT2D eigenvalue weighted by molar-refractivity contribution is 0.0594. The van der Waals surface area contributed by atoms with Crippen molar-refractivity contribution < 1.29 is 9.53 Å². The maximum absolute atomic E-state index is 11.3. The monoisotopic (exact) mass is 213 g/mol. The van der Waals surface area contributed by atoms with Crippen LogP contribution in [0.2, 0.25) is 0 Å². The van der Waals surface area contributed by atoms with Gasteiger partial charge >= 0.3 is 5.97 Å². The lowest BCUT2D eigenvalue weighted by atomic mass is 10.1. The first kappa shape index (κ1) is 10.4. The Balaban J connectivity index is 2.55. The second kappa shape index (κ2) is 4.14. The molecular formula is C13H11NO2. The summed E-state index contributed by atoms with van der Waals surface area (Å²) in [6.07, 6.45) is 3.43. The smallest absolute Gasteiger partial charge is 0.356 e. The number of carbonyl (C=O) groups excluding carboxylic acids is 1. The number of carbonyl (C=O) groups is 1. The summed E-state index contributed by atoms with van der Waals surface area (Å²) in [5, 5.41) is 1.94. The average Bonchev–Trinajstić information content (AvgIpc) is 2.36. The van der Waals surface area contributed by atoms with Gasteiger partial charge in [-0.15, -0.1) is 0 Å². The van der Waals surface area contributed by atoms with Gasteiger partial charge < -0.3 is 4.74 Å². The molecule has 0 aliphatic carbocycles. The number of hydrogen-bond donors (Lipinski definition) is 0. The van der Waals surface area contributed by atoms with E-state index in [9.17, 15) is 4.79 Å². The molecule has 16 heavy (non-hydrogen) atoms. The molecule has 1 heterocycles. The maximum atomic E-state index is 11.3. The van der Waals surface area contributed by atoms with Crippen molar-refractivity contribution in [1.29, 1.82) is 0 Å². The van der Waals surface area contributed by atoms with Gasteiger partial charge in [-0.25, -0.2) is 9.78 Å². The van der Waals surface area contributed by atoms with Crippen LogP contribution in [0.1, 0.15) is 16.1 Å². The summed E-state index contributed by atoms with van der Waals surface area (Å²) in [6.45, 7) is 3.70. The van der Waals surface area contributed by atoms with Gasteiger partial charge in [0, 0.05) is 11.6 Å². The highest BCUT2D eigenvalue weighted by atomic mass is 16.5. The largest absolute Gasteiger partial charge is 0.464 e. The highest BCUT2D eigenvalue weighted by Gasteiger charge is 2.07. The van der Waals surface area contributed by atoms with Gasteiger partial charge in [0.05, 0.1) is 7.11 Å². The minimum absolute atomic E-state index is 0.321. The molecule has 2 rings (SSSR count). The van der Waals surface area contributed by atoms with E-state index in [1.54, 1.807) is 18.3 Å². The van der Waals surface area contributed by atoms with Crippen molar-refractivity contribution in [2.24, 2.45) is 0 Å². The molecule has 3 heteroatoms.